The van der Waals surface area contributed by atoms with Crippen LogP contribution in [0.25, 0.3) is 0 Å². The molecule has 12 heteroatoms. The Hall–Kier alpha value is -5.34. The van der Waals surface area contributed by atoms with Gasteiger partial charge in [0, 0.05) is 136 Å². The average Bonchev–Trinajstić information content (AvgIpc) is 0.848. The normalized spacial score (nSPS) is 20.7. The molecule has 128 heavy (non-hydrogen) atoms. The van der Waals surface area contributed by atoms with E-state index in [0.717, 1.165) is 97.9 Å². The number of hydrogen-bond acceptors (Lipinski definition) is 12. The molecule has 12 nitrogen and oxygen atoms in total. The molecule has 6 saturated carbocycles. The molecule has 6 fully saturated rings. The van der Waals surface area contributed by atoms with E-state index in [1.165, 1.54) is 188 Å². The van der Waals surface area contributed by atoms with Crippen molar-refractivity contribution in [2.24, 2.45) is 35.5 Å². The first-order chi connectivity index (χ1) is 59.4. The van der Waals surface area contributed by atoms with Crippen LogP contribution in [0, 0.1) is 35.5 Å². The summed E-state index contributed by atoms with van der Waals surface area (Å²) in [6.45, 7) is 70.9. The minimum Gasteiger partial charge on any atom is -0.299 e. The van der Waals surface area contributed by atoms with Crippen LogP contribution in [0.3, 0.4) is 0 Å². The summed E-state index contributed by atoms with van der Waals surface area (Å²) in [5.74, 6) is 5.58. The summed E-state index contributed by atoms with van der Waals surface area (Å²) in [7, 11) is 13.5. The summed E-state index contributed by atoms with van der Waals surface area (Å²) in [5, 5.41) is 0. The number of hydrogen-bond donors (Lipinski definition) is 0. The Bertz CT molecular complexity index is 2570. The van der Waals surface area contributed by atoms with Crippen molar-refractivity contribution in [2.45, 2.75) is 495 Å². The highest BCUT2D eigenvalue weighted by atomic mass is 15.2. The zero-order valence-corrected chi connectivity index (χ0v) is 88.1. The van der Waals surface area contributed by atoms with Crippen LogP contribution in [-0.2, 0) is 26.2 Å². The molecule has 6 aromatic heterocycles. The minimum absolute atomic E-state index is 0. The predicted octanol–water partition coefficient (Wildman–Crippen LogP) is 35.8. The van der Waals surface area contributed by atoms with Gasteiger partial charge in [0.1, 0.15) is 0 Å². The van der Waals surface area contributed by atoms with Crippen molar-refractivity contribution in [2.75, 3.05) is 42.3 Å². The molecule has 6 aliphatic carbocycles. The topological polar surface area (TPSA) is 96.8 Å². The van der Waals surface area contributed by atoms with Gasteiger partial charge >= 0.3 is 0 Å². The van der Waals surface area contributed by atoms with Crippen LogP contribution in [0.2, 0.25) is 0 Å². The SMILES string of the molecule is C.C.C.C.C.C.CC.CC.CC.CC.CC.CC.CC.CC.CC.CC.CC.CC.CC1CCC(N(C)C(C)c2cccnc2)CC1.CC1CCC(N(C)C(C)c2cccnc2)CC1.CC1CCC(N(C)Cc2ccccn2)CC1.CC1CCC(N(C)Cc2ccccn2)CC1.CC1CCC(N(C)Cc2cccnc2)CC1.CC1CCC(N(C)Cc2cccnc2)CC1. The first-order valence-electron chi connectivity index (χ1n) is 51.0. The second kappa shape index (κ2) is 104. The minimum atomic E-state index is 0. The first-order valence-corrected chi connectivity index (χ1v) is 51.0. The van der Waals surface area contributed by atoms with Gasteiger partial charge in [0.2, 0.25) is 0 Å². The van der Waals surface area contributed by atoms with Gasteiger partial charge in [-0.2, -0.15) is 0 Å². The van der Waals surface area contributed by atoms with E-state index in [-0.39, 0.29) is 44.6 Å². The van der Waals surface area contributed by atoms with Gasteiger partial charge in [-0.1, -0.05) is 289 Å². The van der Waals surface area contributed by atoms with Crippen LogP contribution in [0.4, 0.5) is 0 Å². The second-order valence-corrected chi connectivity index (χ2v) is 31.8. The van der Waals surface area contributed by atoms with Gasteiger partial charge in [-0.25, -0.2) is 0 Å². The smallest absolute Gasteiger partial charge is 0.0543 e. The zero-order chi connectivity index (χ0) is 94.0. The van der Waals surface area contributed by atoms with Gasteiger partial charge < -0.3 is 0 Å². The van der Waals surface area contributed by atoms with Gasteiger partial charge in [0.05, 0.1) is 11.4 Å². The lowest BCUT2D eigenvalue weighted by Crippen LogP contribution is -2.36. The number of rotatable bonds is 18. The third-order valence-electron chi connectivity index (χ3n) is 23.7. The molecule has 0 bridgehead atoms. The third-order valence-corrected chi connectivity index (χ3v) is 23.7. The van der Waals surface area contributed by atoms with Crippen molar-refractivity contribution in [1.29, 1.82) is 0 Å². The summed E-state index contributed by atoms with van der Waals surface area (Å²) < 4.78 is 0. The Labute approximate surface area is 807 Å². The molecule has 0 radical (unpaired) electrons. The molecule has 6 aliphatic rings. The van der Waals surface area contributed by atoms with E-state index < -0.39 is 0 Å². The predicted molar refractivity (Wildman–Crippen MR) is 589 cm³/mol. The summed E-state index contributed by atoms with van der Waals surface area (Å²) in [4.78, 5) is 40.5. The van der Waals surface area contributed by atoms with Gasteiger partial charge in [0.25, 0.3) is 0 Å². The van der Waals surface area contributed by atoms with E-state index in [1.807, 2.05) is 265 Å². The van der Waals surface area contributed by atoms with Gasteiger partial charge in [0.15, 0.2) is 0 Å². The van der Waals surface area contributed by atoms with Gasteiger partial charge in [-0.3, -0.25) is 59.3 Å². The van der Waals surface area contributed by atoms with E-state index in [4.69, 9.17) is 0 Å². The fourth-order valence-electron chi connectivity index (χ4n) is 16.0. The van der Waals surface area contributed by atoms with Crippen LogP contribution in [0.15, 0.2) is 147 Å². The Morgan fingerprint density at radius 1 is 0.234 bits per heavy atom. The van der Waals surface area contributed by atoms with Gasteiger partial charge in [-0.15, -0.1) is 0 Å². The van der Waals surface area contributed by atoms with Crippen molar-refractivity contribution in [3.05, 3.63) is 181 Å². The van der Waals surface area contributed by atoms with E-state index in [9.17, 15) is 0 Å². The molecule has 0 aromatic carbocycles. The standard InChI is InChI=1S/2C15H24N2.4C14H22N2.12C2H6.6CH4/c2*1-12-6-8-15(9-7-12)17(3)13(2)14-5-4-10-16-11-14;2*1-12-5-7-14(8-6-12)16(2)11-13-4-3-9-15-10-13;2*1-12-6-8-14(9-7-12)16(2)11-13-5-3-4-10-15-13;12*1-2;;;;;;/h2*4-5,10-13,15H,6-9H2,1-3H3;2*3-4,9-10,12,14H,5-8,11H2,1-2H3;2*3-5,10,12,14H,6-9,11H2,1-2H3;12*1-2H3;6*1H4. The third kappa shape index (κ3) is 68.6. The van der Waals surface area contributed by atoms with Crippen LogP contribution >= 0.6 is 0 Å². The van der Waals surface area contributed by atoms with E-state index in [2.05, 4.69) is 206 Å². The molecule has 0 amide bonds. The van der Waals surface area contributed by atoms with Crippen LogP contribution < -0.4 is 0 Å². The highest BCUT2D eigenvalue weighted by Gasteiger charge is 2.29. The van der Waals surface area contributed by atoms with Crippen LogP contribution in [-0.4, -0.2) is 138 Å². The summed E-state index contributed by atoms with van der Waals surface area (Å²) in [5.41, 5.74) is 7.67. The van der Waals surface area contributed by atoms with Crippen LogP contribution in [0.1, 0.15) is 466 Å². The zero-order valence-electron chi connectivity index (χ0n) is 88.1. The number of pyridine rings is 6. The molecule has 6 aromatic rings. The van der Waals surface area contributed by atoms with Crippen molar-refractivity contribution < 1.29 is 0 Å². The Morgan fingerprint density at radius 3 is 0.609 bits per heavy atom. The molecule has 12 rings (SSSR count). The molecular weight excluding hydrogens is 1560 g/mol. The molecule has 0 aliphatic heterocycles. The van der Waals surface area contributed by atoms with Crippen molar-refractivity contribution in [1.82, 2.24) is 59.3 Å². The first kappa shape index (κ1) is 148. The lowest BCUT2D eigenvalue weighted by Gasteiger charge is -2.37. The molecule has 0 saturated heterocycles. The Morgan fingerprint density at radius 2 is 0.430 bits per heavy atom. The lowest BCUT2D eigenvalue weighted by molar-refractivity contribution is 0.131. The number of nitrogens with zero attached hydrogens (tertiary/aromatic N) is 12. The highest BCUT2D eigenvalue weighted by Crippen LogP contribution is 2.35. The Balaban J connectivity index is -0.000000119. The maximum Gasteiger partial charge on any atom is 0.0543 e. The summed E-state index contributed by atoms with van der Waals surface area (Å²) in [6, 6.07) is 34.6. The fraction of sp³-hybridized carbons (Fsp3) is 0.741. The average molecular weight is 1800 g/mol. The Kier molecular flexibility index (Phi) is 120. The second-order valence-electron chi connectivity index (χ2n) is 31.8. The monoisotopic (exact) mass is 1790 g/mol. The maximum atomic E-state index is 4.39. The highest BCUT2D eigenvalue weighted by molar-refractivity contribution is 5.15. The fourth-order valence-corrected chi connectivity index (χ4v) is 16.0. The molecule has 2 atom stereocenters. The quantitative estimate of drug-likeness (QED) is 0.0820. The number of aromatic nitrogens is 6. The molecule has 2 unspecified atom stereocenters. The van der Waals surface area contributed by atoms with Crippen molar-refractivity contribution in [3.8, 4) is 0 Å². The molecule has 6 heterocycles. The largest absolute Gasteiger partial charge is 0.299 e. The molecule has 0 N–H and O–H groups in total. The van der Waals surface area contributed by atoms with Gasteiger partial charge in [-0.05, 0) is 317 Å². The molecule has 756 valence electrons. The van der Waals surface area contributed by atoms with Crippen LogP contribution in [0.5, 0.6) is 0 Å². The van der Waals surface area contributed by atoms with E-state index >= 15 is 0 Å². The lowest BCUT2D eigenvalue weighted by atomic mass is 9.86. The molecular formula is C116H232N12. The van der Waals surface area contributed by atoms with Crippen molar-refractivity contribution in [3.63, 3.8) is 0 Å². The summed E-state index contributed by atoms with van der Waals surface area (Å²) >= 11 is 0. The van der Waals surface area contributed by atoms with E-state index in [1.54, 1.807) is 0 Å². The van der Waals surface area contributed by atoms with E-state index in [0.29, 0.717) is 12.1 Å². The molecule has 0 spiro atoms. The van der Waals surface area contributed by atoms with Crippen molar-refractivity contribution >= 4 is 0 Å². The summed E-state index contributed by atoms with van der Waals surface area (Å²) in [6.07, 6.45) is 51.9. The maximum absolute atomic E-state index is 4.39.